The van der Waals surface area contributed by atoms with Gasteiger partial charge in [0.05, 0.1) is 12.7 Å². The molecule has 1 atom stereocenters. The zero-order chi connectivity index (χ0) is 14.4. The van der Waals surface area contributed by atoms with Crippen LogP contribution in [0.5, 0.6) is 0 Å². The van der Waals surface area contributed by atoms with E-state index in [9.17, 15) is 0 Å². The maximum absolute atomic E-state index is 5.73. The first-order valence-electron chi connectivity index (χ1n) is 7.63. The molecule has 1 aliphatic heterocycles. The Labute approximate surface area is 121 Å². The third kappa shape index (κ3) is 4.93. The van der Waals surface area contributed by atoms with Crippen molar-refractivity contribution >= 4 is 0 Å². The fourth-order valence-electron chi connectivity index (χ4n) is 2.40. The molecule has 1 aromatic heterocycles. The van der Waals surface area contributed by atoms with E-state index in [1.807, 2.05) is 6.92 Å². The van der Waals surface area contributed by atoms with E-state index in [0.717, 1.165) is 44.1 Å². The maximum atomic E-state index is 5.73. The Kier molecular flexibility index (Phi) is 6.07. The van der Waals surface area contributed by atoms with Crippen LogP contribution in [0.25, 0.3) is 0 Å². The Balaban J connectivity index is 1.71. The molecule has 4 heteroatoms. The summed E-state index contributed by atoms with van der Waals surface area (Å²) in [6, 6.07) is 2.10. The lowest BCUT2D eigenvalue weighted by atomic mass is 10.2. The lowest BCUT2D eigenvalue weighted by Crippen LogP contribution is -2.19. The molecule has 20 heavy (non-hydrogen) atoms. The first-order valence-corrected chi connectivity index (χ1v) is 7.63. The van der Waals surface area contributed by atoms with Gasteiger partial charge < -0.3 is 19.2 Å². The average Bonchev–Trinajstić information content (AvgIpc) is 3.00. The molecular formula is C16H27NO3. The van der Waals surface area contributed by atoms with Gasteiger partial charge in [-0.15, -0.1) is 0 Å². The summed E-state index contributed by atoms with van der Waals surface area (Å²) in [5, 5.41) is 3.44. The first kappa shape index (κ1) is 15.5. The highest BCUT2D eigenvalue weighted by Gasteiger charge is 2.16. The van der Waals surface area contributed by atoms with Crippen LogP contribution in [-0.4, -0.2) is 25.9 Å². The van der Waals surface area contributed by atoms with Gasteiger partial charge in [0.15, 0.2) is 0 Å². The van der Waals surface area contributed by atoms with Crippen molar-refractivity contribution in [1.29, 1.82) is 0 Å². The highest BCUT2D eigenvalue weighted by atomic mass is 16.5. The standard InChI is InChI=1S/C16H27NO3/c1-12(2)8-17-9-14-7-16(20-13(14)3)11-18-10-15-5-4-6-19-15/h7,12,15,17H,4-6,8-11H2,1-3H3. The monoisotopic (exact) mass is 281 g/mol. The van der Waals surface area contributed by atoms with Crippen molar-refractivity contribution in [2.75, 3.05) is 19.8 Å². The van der Waals surface area contributed by atoms with Gasteiger partial charge in [0.25, 0.3) is 0 Å². The van der Waals surface area contributed by atoms with Crippen LogP contribution in [0.3, 0.4) is 0 Å². The number of rotatable bonds is 8. The molecule has 2 rings (SSSR count). The van der Waals surface area contributed by atoms with Crippen LogP contribution in [0.2, 0.25) is 0 Å². The van der Waals surface area contributed by atoms with Crippen molar-refractivity contribution in [2.45, 2.75) is 52.9 Å². The molecule has 1 aliphatic rings. The second-order valence-electron chi connectivity index (χ2n) is 5.97. The highest BCUT2D eigenvalue weighted by Crippen LogP contribution is 2.17. The van der Waals surface area contributed by atoms with Crippen LogP contribution < -0.4 is 5.32 Å². The zero-order valence-electron chi connectivity index (χ0n) is 12.9. The van der Waals surface area contributed by atoms with E-state index in [4.69, 9.17) is 13.9 Å². The van der Waals surface area contributed by atoms with Gasteiger partial charge in [-0.3, -0.25) is 0 Å². The van der Waals surface area contributed by atoms with Crippen LogP contribution >= 0.6 is 0 Å². The molecular weight excluding hydrogens is 254 g/mol. The molecule has 1 fully saturated rings. The molecule has 4 nitrogen and oxygen atoms in total. The smallest absolute Gasteiger partial charge is 0.130 e. The van der Waals surface area contributed by atoms with Gasteiger partial charge in [0.1, 0.15) is 18.1 Å². The summed E-state index contributed by atoms with van der Waals surface area (Å²) in [6.07, 6.45) is 2.54. The SMILES string of the molecule is Cc1oc(COCC2CCCO2)cc1CNCC(C)C. The van der Waals surface area contributed by atoms with Crippen LogP contribution in [0.1, 0.15) is 43.8 Å². The summed E-state index contributed by atoms with van der Waals surface area (Å²) in [4.78, 5) is 0. The lowest BCUT2D eigenvalue weighted by Gasteiger charge is -2.08. The molecule has 0 aliphatic carbocycles. The number of nitrogens with one attached hydrogen (secondary N) is 1. The molecule has 0 amide bonds. The minimum atomic E-state index is 0.276. The number of furan rings is 1. The highest BCUT2D eigenvalue weighted by molar-refractivity contribution is 5.20. The van der Waals surface area contributed by atoms with E-state index in [-0.39, 0.29) is 6.10 Å². The van der Waals surface area contributed by atoms with Crippen molar-refractivity contribution in [1.82, 2.24) is 5.32 Å². The van der Waals surface area contributed by atoms with E-state index in [1.54, 1.807) is 0 Å². The van der Waals surface area contributed by atoms with E-state index in [2.05, 4.69) is 25.2 Å². The van der Waals surface area contributed by atoms with Crippen molar-refractivity contribution in [3.05, 3.63) is 23.2 Å². The molecule has 1 N–H and O–H groups in total. The van der Waals surface area contributed by atoms with E-state index in [1.165, 1.54) is 5.56 Å². The van der Waals surface area contributed by atoms with Crippen molar-refractivity contribution < 1.29 is 13.9 Å². The maximum Gasteiger partial charge on any atom is 0.130 e. The van der Waals surface area contributed by atoms with Gasteiger partial charge >= 0.3 is 0 Å². The molecule has 0 radical (unpaired) electrons. The lowest BCUT2D eigenvalue weighted by molar-refractivity contribution is 0.00566. The first-order chi connectivity index (χ1) is 9.65. The summed E-state index contributed by atoms with van der Waals surface area (Å²) >= 11 is 0. The Hall–Kier alpha value is -0.840. The minimum absolute atomic E-state index is 0.276. The normalized spacial score (nSPS) is 19.1. The second kappa shape index (κ2) is 7.81. The quantitative estimate of drug-likeness (QED) is 0.795. The van der Waals surface area contributed by atoms with Crippen molar-refractivity contribution in [3.63, 3.8) is 0 Å². The Bertz CT molecular complexity index is 394. The summed E-state index contributed by atoms with van der Waals surface area (Å²) in [7, 11) is 0. The largest absolute Gasteiger partial charge is 0.464 e. The third-order valence-electron chi connectivity index (χ3n) is 3.51. The Morgan fingerprint density at radius 2 is 2.30 bits per heavy atom. The zero-order valence-corrected chi connectivity index (χ0v) is 12.9. The number of hydrogen-bond acceptors (Lipinski definition) is 4. The topological polar surface area (TPSA) is 43.6 Å². The van der Waals surface area contributed by atoms with Crippen LogP contribution in [-0.2, 0) is 22.6 Å². The van der Waals surface area contributed by atoms with Gasteiger partial charge in [-0.1, -0.05) is 13.8 Å². The summed E-state index contributed by atoms with van der Waals surface area (Å²) in [5.41, 5.74) is 1.22. The summed E-state index contributed by atoms with van der Waals surface area (Å²) in [5.74, 6) is 2.55. The van der Waals surface area contributed by atoms with Crippen LogP contribution in [0.15, 0.2) is 10.5 Å². The van der Waals surface area contributed by atoms with E-state index >= 15 is 0 Å². The molecule has 1 saturated heterocycles. The van der Waals surface area contributed by atoms with E-state index in [0.29, 0.717) is 19.1 Å². The molecule has 0 bridgehead atoms. The molecule has 1 aromatic rings. The second-order valence-corrected chi connectivity index (χ2v) is 5.97. The molecule has 0 saturated carbocycles. The number of hydrogen-bond donors (Lipinski definition) is 1. The summed E-state index contributed by atoms with van der Waals surface area (Å²) < 4.78 is 16.9. The van der Waals surface area contributed by atoms with Gasteiger partial charge in [-0.2, -0.15) is 0 Å². The van der Waals surface area contributed by atoms with Gasteiger partial charge in [0, 0.05) is 18.7 Å². The van der Waals surface area contributed by atoms with Crippen molar-refractivity contribution in [2.24, 2.45) is 5.92 Å². The average molecular weight is 281 g/mol. The number of ether oxygens (including phenoxy) is 2. The number of aryl methyl sites for hydroxylation is 1. The molecule has 1 unspecified atom stereocenters. The molecule has 2 heterocycles. The van der Waals surface area contributed by atoms with Crippen LogP contribution in [0, 0.1) is 12.8 Å². The molecule has 0 aromatic carbocycles. The minimum Gasteiger partial charge on any atom is -0.464 e. The van der Waals surface area contributed by atoms with E-state index < -0.39 is 0 Å². The Morgan fingerprint density at radius 1 is 1.45 bits per heavy atom. The third-order valence-corrected chi connectivity index (χ3v) is 3.51. The Morgan fingerprint density at radius 3 is 3.00 bits per heavy atom. The van der Waals surface area contributed by atoms with Crippen molar-refractivity contribution in [3.8, 4) is 0 Å². The molecule has 114 valence electrons. The predicted octanol–water partition coefficient (Wildman–Crippen LogP) is 3.03. The molecule has 0 spiro atoms. The van der Waals surface area contributed by atoms with Gasteiger partial charge in [-0.05, 0) is 38.3 Å². The fraction of sp³-hybridized carbons (Fsp3) is 0.750. The fourth-order valence-corrected chi connectivity index (χ4v) is 2.40. The summed E-state index contributed by atoms with van der Waals surface area (Å²) in [6.45, 7) is 10.4. The van der Waals surface area contributed by atoms with Gasteiger partial charge in [0.2, 0.25) is 0 Å². The predicted molar refractivity (Wildman–Crippen MR) is 78.6 cm³/mol. The van der Waals surface area contributed by atoms with Gasteiger partial charge in [-0.25, -0.2) is 0 Å². The van der Waals surface area contributed by atoms with Crippen LogP contribution in [0.4, 0.5) is 0 Å².